The van der Waals surface area contributed by atoms with Crippen LogP contribution in [0.4, 0.5) is 4.39 Å². The van der Waals surface area contributed by atoms with Gasteiger partial charge in [-0.15, -0.1) is 0 Å². The number of nitrogens with one attached hydrogen (secondary N) is 1. The Hall–Kier alpha value is -2.62. The van der Waals surface area contributed by atoms with Crippen LogP contribution in [-0.4, -0.2) is 5.91 Å². The Morgan fingerprint density at radius 1 is 1.21 bits per heavy atom. The minimum atomic E-state index is -0.284. The molecular weight excluding hydrogens is 305 g/mol. The second-order valence-corrected chi connectivity index (χ2v) is 5.96. The maximum atomic E-state index is 13.0. The van der Waals surface area contributed by atoms with Crippen molar-refractivity contribution in [3.8, 4) is 0 Å². The molecule has 1 amide bonds. The van der Waals surface area contributed by atoms with Crippen LogP contribution in [0.5, 0.6) is 0 Å². The van der Waals surface area contributed by atoms with Crippen LogP contribution in [-0.2, 0) is 17.6 Å². The fourth-order valence-corrected chi connectivity index (χ4v) is 2.78. The van der Waals surface area contributed by atoms with Gasteiger partial charge in [0.2, 0.25) is 5.91 Å². The monoisotopic (exact) mass is 325 g/mol. The second-order valence-electron chi connectivity index (χ2n) is 5.96. The van der Waals surface area contributed by atoms with Crippen molar-refractivity contribution >= 4 is 16.9 Å². The average Bonchev–Trinajstić information content (AvgIpc) is 2.97. The number of fused-ring (bicyclic) bond motifs is 1. The number of carbonyl (C=O) groups excluding carboxylic acids is 1. The predicted octanol–water partition coefficient (Wildman–Crippen LogP) is 4.55. The van der Waals surface area contributed by atoms with Gasteiger partial charge in [0, 0.05) is 10.9 Å². The number of amides is 1. The summed E-state index contributed by atoms with van der Waals surface area (Å²) in [5.41, 5.74) is 3.76. The Morgan fingerprint density at radius 2 is 1.96 bits per heavy atom. The lowest BCUT2D eigenvalue weighted by Gasteiger charge is -2.14. The van der Waals surface area contributed by atoms with Crippen LogP contribution in [0.1, 0.15) is 36.6 Å². The zero-order chi connectivity index (χ0) is 17.1. The van der Waals surface area contributed by atoms with Gasteiger partial charge in [-0.1, -0.05) is 31.2 Å². The van der Waals surface area contributed by atoms with Crippen molar-refractivity contribution in [2.24, 2.45) is 0 Å². The Kier molecular flexibility index (Phi) is 4.65. The highest BCUT2D eigenvalue weighted by Gasteiger charge is 2.14. The van der Waals surface area contributed by atoms with E-state index in [9.17, 15) is 9.18 Å². The third-order valence-corrected chi connectivity index (χ3v) is 4.23. The Labute approximate surface area is 140 Å². The van der Waals surface area contributed by atoms with Crippen LogP contribution in [0.3, 0.4) is 0 Å². The number of furan rings is 1. The average molecular weight is 325 g/mol. The van der Waals surface area contributed by atoms with Crippen molar-refractivity contribution in [1.82, 2.24) is 5.32 Å². The lowest BCUT2D eigenvalue weighted by Crippen LogP contribution is -2.28. The van der Waals surface area contributed by atoms with Crippen LogP contribution in [0.15, 0.2) is 53.1 Å². The molecule has 0 bridgehead atoms. The molecule has 3 nitrogen and oxygen atoms in total. The molecule has 0 unspecified atom stereocenters. The molecule has 0 spiro atoms. The minimum Gasteiger partial charge on any atom is -0.464 e. The summed E-state index contributed by atoms with van der Waals surface area (Å²) in [6.07, 6.45) is 2.85. The van der Waals surface area contributed by atoms with Gasteiger partial charge in [0.1, 0.15) is 11.4 Å². The summed E-state index contributed by atoms with van der Waals surface area (Å²) in [6.45, 7) is 3.97. The summed E-state index contributed by atoms with van der Waals surface area (Å²) in [4.78, 5) is 12.3. The lowest BCUT2D eigenvalue weighted by atomic mass is 10.1. The largest absolute Gasteiger partial charge is 0.464 e. The van der Waals surface area contributed by atoms with Gasteiger partial charge in [0.05, 0.1) is 18.7 Å². The molecule has 0 aliphatic heterocycles. The van der Waals surface area contributed by atoms with Gasteiger partial charge >= 0.3 is 0 Å². The first-order valence-corrected chi connectivity index (χ1v) is 8.10. The first kappa shape index (κ1) is 16.2. The topological polar surface area (TPSA) is 42.2 Å². The van der Waals surface area contributed by atoms with Gasteiger partial charge in [0.15, 0.2) is 0 Å². The molecule has 0 saturated carbocycles. The molecule has 1 aromatic heterocycles. The van der Waals surface area contributed by atoms with Crippen molar-refractivity contribution < 1.29 is 13.6 Å². The second kappa shape index (κ2) is 6.87. The fourth-order valence-electron chi connectivity index (χ4n) is 2.78. The SMILES string of the molecule is CCc1ccc2c(CC(=O)N[C@H](C)c3ccc(F)cc3)coc2c1. The van der Waals surface area contributed by atoms with E-state index in [1.807, 2.05) is 19.1 Å². The van der Waals surface area contributed by atoms with Gasteiger partial charge < -0.3 is 9.73 Å². The molecule has 0 radical (unpaired) electrons. The van der Waals surface area contributed by atoms with E-state index in [1.54, 1.807) is 18.4 Å². The fraction of sp³-hybridized carbons (Fsp3) is 0.250. The van der Waals surface area contributed by atoms with Crippen LogP contribution in [0.2, 0.25) is 0 Å². The zero-order valence-electron chi connectivity index (χ0n) is 13.8. The van der Waals surface area contributed by atoms with Gasteiger partial charge in [-0.3, -0.25) is 4.79 Å². The zero-order valence-corrected chi connectivity index (χ0v) is 13.8. The molecule has 3 rings (SSSR count). The minimum absolute atomic E-state index is 0.0888. The Balaban J connectivity index is 1.69. The molecule has 1 atom stereocenters. The van der Waals surface area contributed by atoms with E-state index >= 15 is 0 Å². The summed E-state index contributed by atoms with van der Waals surface area (Å²) in [7, 11) is 0. The first-order chi connectivity index (χ1) is 11.6. The van der Waals surface area contributed by atoms with E-state index in [0.717, 1.165) is 28.5 Å². The summed E-state index contributed by atoms with van der Waals surface area (Å²) < 4.78 is 18.5. The molecule has 0 aliphatic rings. The van der Waals surface area contributed by atoms with E-state index in [0.29, 0.717) is 0 Å². The molecule has 24 heavy (non-hydrogen) atoms. The quantitative estimate of drug-likeness (QED) is 0.747. The summed E-state index contributed by atoms with van der Waals surface area (Å²) in [5, 5.41) is 3.91. The predicted molar refractivity (Wildman–Crippen MR) is 92.3 cm³/mol. The number of rotatable bonds is 5. The molecule has 124 valence electrons. The summed E-state index contributed by atoms with van der Waals surface area (Å²) >= 11 is 0. The highest BCUT2D eigenvalue weighted by Crippen LogP contribution is 2.23. The van der Waals surface area contributed by atoms with Gasteiger partial charge in [-0.2, -0.15) is 0 Å². The van der Waals surface area contributed by atoms with Crippen molar-refractivity contribution in [3.63, 3.8) is 0 Å². The van der Waals surface area contributed by atoms with E-state index in [4.69, 9.17) is 4.42 Å². The molecule has 1 heterocycles. The number of hydrogen-bond acceptors (Lipinski definition) is 2. The maximum absolute atomic E-state index is 13.0. The van der Waals surface area contributed by atoms with Crippen LogP contribution >= 0.6 is 0 Å². The number of carbonyl (C=O) groups is 1. The van der Waals surface area contributed by atoms with Crippen LogP contribution < -0.4 is 5.32 Å². The molecule has 4 heteroatoms. The maximum Gasteiger partial charge on any atom is 0.225 e. The molecule has 0 saturated heterocycles. The highest BCUT2D eigenvalue weighted by atomic mass is 19.1. The number of aryl methyl sites for hydroxylation is 1. The lowest BCUT2D eigenvalue weighted by molar-refractivity contribution is -0.121. The van der Waals surface area contributed by atoms with Gasteiger partial charge in [-0.25, -0.2) is 4.39 Å². The smallest absolute Gasteiger partial charge is 0.225 e. The van der Waals surface area contributed by atoms with Crippen molar-refractivity contribution in [2.45, 2.75) is 32.7 Å². The van der Waals surface area contributed by atoms with Crippen molar-refractivity contribution in [1.29, 1.82) is 0 Å². The summed E-state index contributed by atoms with van der Waals surface area (Å²) in [6, 6.07) is 12.0. The molecule has 3 aromatic rings. The van der Waals surface area contributed by atoms with E-state index < -0.39 is 0 Å². The molecule has 0 fully saturated rings. The Bertz CT molecular complexity index is 852. The third kappa shape index (κ3) is 3.48. The van der Waals surface area contributed by atoms with Gasteiger partial charge in [-0.05, 0) is 42.7 Å². The van der Waals surface area contributed by atoms with Gasteiger partial charge in [0.25, 0.3) is 0 Å². The molecular formula is C20H20FNO2. The van der Waals surface area contributed by atoms with E-state index in [1.165, 1.54) is 17.7 Å². The standard InChI is InChI=1S/C20H20FNO2/c1-3-14-4-9-18-16(12-24-19(18)10-14)11-20(23)22-13(2)15-5-7-17(21)8-6-15/h4-10,12-13H,3,11H2,1-2H3,(H,22,23)/t13-/m1/s1. The number of benzene rings is 2. The van der Waals surface area contributed by atoms with Crippen LogP contribution in [0.25, 0.3) is 11.0 Å². The highest BCUT2D eigenvalue weighted by molar-refractivity contribution is 5.88. The van der Waals surface area contributed by atoms with Crippen molar-refractivity contribution in [2.75, 3.05) is 0 Å². The summed E-state index contributed by atoms with van der Waals surface area (Å²) in [5.74, 6) is -0.373. The molecule has 2 aromatic carbocycles. The van der Waals surface area contributed by atoms with Crippen LogP contribution in [0, 0.1) is 5.82 Å². The molecule has 1 N–H and O–H groups in total. The number of halogens is 1. The first-order valence-electron chi connectivity index (χ1n) is 8.10. The number of hydrogen-bond donors (Lipinski definition) is 1. The third-order valence-electron chi connectivity index (χ3n) is 4.23. The van der Waals surface area contributed by atoms with E-state index in [2.05, 4.69) is 18.3 Å². The normalized spacial score (nSPS) is 12.3. The molecule has 0 aliphatic carbocycles. The van der Waals surface area contributed by atoms with E-state index in [-0.39, 0.29) is 24.2 Å². The Morgan fingerprint density at radius 3 is 2.67 bits per heavy atom. The van der Waals surface area contributed by atoms with Crippen molar-refractivity contribution in [3.05, 3.63) is 71.2 Å².